The first-order valence-electron chi connectivity index (χ1n) is 34.8. The topological polar surface area (TPSA) is 175 Å². The Morgan fingerprint density at radius 3 is 1.28 bits per heavy atom. The van der Waals surface area contributed by atoms with E-state index in [1.54, 1.807) is 6.08 Å². The number of hydrogen-bond acceptors (Lipinski definition) is 10. The highest BCUT2D eigenvalue weighted by Gasteiger charge is 2.47. The van der Waals surface area contributed by atoms with Gasteiger partial charge >= 0.3 is 5.97 Å². The van der Waals surface area contributed by atoms with Gasteiger partial charge in [-0.25, -0.2) is 0 Å². The summed E-state index contributed by atoms with van der Waals surface area (Å²) in [6, 6.07) is -1.02. The van der Waals surface area contributed by atoms with Crippen LogP contribution >= 0.6 is 0 Å². The molecule has 1 heterocycles. The fraction of sp³-hybridized carbons (Fsp3) is 0.886. The maximum atomic E-state index is 13.5. The van der Waals surface area contributed by atoms with Crippen molar-refractivity contribution in [2.75, 3.05) is 13.2 Å². The van der Waals surface area contributed by atoms with Crippen molar-refractivity contribution in [3.63, 3.8) is 0 Å². The van der Waals surface area contributed by atoms with Crippen LogP contribution in [0.3, 0.4) is 0 Å². The molecule has 81 heavy (non-hydrogen) atoms. The molecule has 6 N–H and O–H groups in total. The molecule has 0 aliphatic carbocycles. The van der Waals surface area contributed by atoms with Crippen LogP contribution in [0.4, 0.5) is 0 Å². The van der Waals surface area contributed by atoms with E-state index in [2.05, 4.69) is 50.4 Å². The van der Waals surface area contributed by atoms with Gasteiger partial charge in [-0.2, -0.15) is 0 Å². The minimum absolute atomic E-state index is 0.129. The monoisotopic (exact) mass is 1150 g/mol. The van der Waals surface area contributed by atoms with Gasteiger partial charge < -0.3 is 45.1 Å². The van der Waals surface area contributed by atoms with Gasteiger partial charge in [0.2, 0.25) is 5.91 Å². The summed E-state index contributed by atoms with van der Waals surface area (Å²) in [6.07, 6.45) is 60.5. The van der Waals surface area contributed by atoms with Gasteiger partial charge in [-0.15, -0.1) is 0 Å². The number of unbranched alkanes of at least 4 members (excludes halogenated alkanes) is 42. The predicted octanol–water partition coefficient (Wildman–Crippen LogP) is 17.4. The van der Waals surface area contributed by atoms with E-state index in [-0.39, 0.29) is 13.0 Å². The number of aliphatic hydroxyl groups is 5. The Hall–Kier alpha value is -2.12. The quantitative estimate of drug-likeness (QED) is 0.0195. The molecule has 0 aromatic rings. The number of carbonyl (C=O) groups excluding carboxylic acids is 2. The highest BCUT2D eigenvalue weighted by molar-refractivity contribution is 5.80. The van der Waals surface area contributed by atoms with E-state index in [1.807, 2.05) is 6.08 Å². The fourth-order valence-corrected chi connectivity index (χ4v) is 11.0. The Labute approximate surface area is 498 Å². The lowest BCUT2D eigenvalue weighted by molar-refractivity contribution is -0.305. The van der Waals surface area contributed by atoms with E-state index in [1.165, 1.54) is 225 Å². The maximum absolute atomic E-state index is 13.5. The van der Waals surface area contributed by atoms with Gasteiger partial charge in [0.15, 0.2) is 12.4 Å². The smallest absolute Gasteiger partial charge is 0.306 e. The van der Waals surface area contributed by atoms with Crippen LogP contribution in [0.25, 0.3) is 0 Å². The highest BCUT2D eigenvalue weighted by Crippen LogP contribution is 2.26. The van der Waals surface area contributed by atoms with Crippen LogP contribution in [0.1, 0.15) is 335 Å². The molecule has 11 nitrogen and oxygen atoms in total. The van der Waals surface area contributed by atoms with Gasteiger partial charge in [-0.3, -0.25) is 9.59 Å². The van der Waals surface area contributed by atoms with Crippen LogP contribution in [0.15, 0.2) is 36.5 Å². The van der Waals surface area contributed by atoms with Gasteiger partial charge in [-0.1, -0.05) is 308 Å². The number of ether oxygens (including phenoxy) is 3. The van der Waals surface area contributed by atoms with Crippen molar-refractivity contribution < 1.29 is 49.3 Å². The molecule has 0 saturated carbocycles. The molecule has 0 aromatic carbocycles. The molecule has 0 aromatic heterocycles. The molecule has 0 spiro atoms. The first-order chi connectivity index (χ1) is 39.7. The van der Waals surface area contributed by atoms with E-state index in [9.17, 15) is 35.1 Å². The minimum atomic E-state index is -1.61. The van der Waals surface area contributed by atoms with Crippen molar-refractivity contribution >= 4 is 11.9 Å². The van der Waals surface area contributed by atoms with Crippen LogP contribution in [-0.2, 0) is 23.8 Å². The number of aliphatic hydroxyl groups excluding tert-OH is 5. The largest absolute Gasteiger partial charge is 0.454 e. The van der Waals surface area contributed by atoms with Crippen LogP contribution in [0, 0.1) is 0 Å². The third kappa shape index (κ3) is 45.9. The van der Waals surface area contributed by atoms with Crippen molar-refractivity contribution in [3.8, 4) is 0 Å². The summed E-state index contributed by atoms with van der Waals surface area (Å²) < 4.78 is 17.7. The highest BCUT2D eigenvalue weighted by atomic mass is 16.7. The molecule has 1 saturated heterocycles. The molecular weight excluding hydrogens is 1010 g/mol. The lowest BCUT2D eigenvalue weighted by Crippen LogP contribution is -2.61. The first-order valence-corrected chi connectivity index (χ1v) is 34.8. The third-order valence-electron chi connectivity index (χ3n) is 16.5. The fourth-order valence-electron chi connectivity index (χ4n) is 11.0. The SMILES string of the molecule is CCCCC/C=C\C/C=C\CCCCCCCCCCCCCCCCCCC(O)C(=O)NC(COC1OC(CO)C(O)C(O)C1OC(=O)CCCCCCCCCCCCCCC)C(O)/C=C/CCCCCCCCCCCCC. The molecule has 1 rings (SSSR count). The molecular formula is C70H131NO10. The van der Waals surface area contributed by atoms with Crippen molar-refractivity contribution in [2.45, 2.75) is 384 Å². The van der Waals surface area contributed by atoms with Crippen LogP contribution in [-0.4, -0.2) is 99.6 Å². The van der Waals surface area contributed by atoms with E-state index in [0.29, 0.717) is 19.3 Å². The predicted molar refractivity (Wildman–Crippen MR) is 338 cm³/mol. The Kier molecular flexibility index (Phi) is 55.3. The summed E-state index contributed by atoms with van der Waals surface area (Å²) in [6.45, 7) is 5.80. The second kappa shape index (κ2) is 58.3. The molecule has 1 aliphatic rings. The molecule has 0 bridgehead atoms. The molecule has 476 valence electrons. The van der Waals surface area contributed by atoms with Crippen LogP contribution in [0.2, 0.25) is 0 Å². The lowest BCUT2D eigenvalue weighted by atomic mass is 9.99. The normalized spacial score (nSPS) is 18.8. The zero-order chi connectivity index (χ0) is 58.9. The lowest BCUT2D eigenvalue weighted by Gasteiger charge is -2.41. The van der Waals surface area contributed by atoms with Gasteiger partial charge in [0.1, 0.15) is 24.4 Å². The molecule has 0 radical (unpaired) electrons. The van der Waals surface area contributed by atoms with Gasteiger partial charge in [-0.05, 0) is 57.8 Å². The van der Waals surface area contributed by atoms with Crippen molar-refractivity contribution in [1.29, 1.82) is 0 Å². The number of allylic oxidation sites excluding steroid dienone is 5. The summed E-state index contributed by atoms with van der Waals surface area (Å²) in [5, 5.41) is 57.1. The molecule has 11 heteroatoms. The number of esters is 1. The summed E-state index contributed by atoms with van der Waals surface area (Å²) in [4.78, 5) is 26.6. The van der Waals surface area contributed by atoms with Gasteiger partial charge in [0.25, 0.3) is 0 Å². The van der Waals surface area contributed by atoms with E-state index in [4.69, 9.17) is 14.2 Å². The standard InChI is InChI=1S/C70H131NO10/c1-4-7-10-13-16-19-22-25-26-27-28-29-30-31-32-33-34-35-36-37-40-42-45-48-51-54-57-63(74)69(78)71-61(62(73)56-53-50-47-44-41-38-23-20-17-14-11-8-5-2)60-79-70-68(67(77)66(76)64(59-72)80-70)81-65(75)58-55-52-49-46-43-39-24-21-18-15-12-9-6-3/h16,19,25-26,53,56,61-64,66-68,70,72-74,76-77H,4-15,17-18,20-24,27-52,54-55,57-60H2,1-3H3,(H,71,78)/b19-16-,26-25-,56-53+. The second-order valence-corrected chi connectivity index (χ2v) is 24.3. The summed E-state index contributed by atoms with van der Waals surface area (Å²) >= 11 is 0. The van der Waals surface area contributed by atoms with E-state index < -0.39 is 67.4 Å². The number of amides is 1. The molecule has 1 amide bonds. The van der Waals surface area contributed by atoms with Crippen molar-refractivity contribution in [3.05, 3.63) is 36.5 Å². The van der Waals surface area contributed by atoms with Crippen LogP contribution < -0.4 is 5.32 Å². The third-order valence-corrected chi connectivity index (χ3v) is 16.5. The minimum Gasteiger partial charge on any atom is -0.454 e. The average Bonchev–Trinajstić information content (AvgIpc) is 3.52. The summed E-state index contributed by atoms with van der Waals surface area (Å²) in [5.41, 5.74) is 0. The van der Waals surface area contributed by atoms with Crippen molar-refractivity contribution in [2.24, 2.45) is 0 Å². The molecule has 8 unspecified atom stereocenters. The summed E-state index contributed by atoms with van der Waals surface area (Å²) in [7, 11) is 0. The molecule has 1 aliphatic heterocycles. The number of nitrogens with one attached hydrogen (secondary N) is 1. The number of carbonyl (C=O) groups is 2. The zero-order valence-electron chi connectivity index (χ0n) is 52.9. The van der Waals surface area contributed by atoms with Gasteiger partial charge in [0.05, 0.1) is 25.4 Å². The Bertz CT molecular complexity index is 1460. The Balaban J connectivity index is 2.55. The summed E-state index contributed by atoms with van der Waals surface area (Å²) in [5.74, 6) is -1.18. The average molecular weight is 1150 g/mol. The Morgan fingerprint density at radius 1 is 0.481 bits per heavy atom. The molecule has 8 atom stereocenters. The maximum Gasteiger partial charge on any atom is 0.306 e. The van der Waals surface area contributed by atoms with Crippen LogP contribution in [0.5, 0.6) is 0 Å². The zero-order valence-corrected chi connectivity index (χ0v) is 52.9. The van der Waals surface area contributed by atoms with E-state index in [0.717, 1.165) is 64.2 Å². The van der Waals surface area contributed by atoms with Crippen molar-refractivity contribution in [1.82, 2.24) is 5.32 Å². The van der Waals surface area contributed by atoms with Gasteiger partial charge in [0, 0.05) is 6.42 Å². The number of hydrogen-bond donors (Lipinski definition) is 6. The molecule has 1 fully saturated rings. The first kappa shape index (κ1) is 76.9. The second-order valence-electron chi connectivity index (χ2n) is 24.3. The van der Waals surface area contributed by atoms with E-state index >= 15 is 0 Å². The Morgan fingerprint density at radius 2 is 0.852 bits per heavy atom. The number of rotatable bonds is 60.